The maximum atomic E-state index is 5.18. The molecule has 0 aromatic rings. The van der Waals surface area contributed by atoms with Gasteiger partial charge in [-0.2, -0.15) is 0 Å². The number of rotatable bonds is 7. The second-order valence-corrected chi connectivity index (χ2v) is 3.07. The summed E-state index contributed by atoms with van der Waals surface area (Å²) in [6, 6.07) is 0. The van der Waals surface area contributed by atoms with Crippen LogP contribution in [0.1, 0.15) is 45.4 Å². The molecule has 0 atom stereocenters. The number of nitrogens with zero attached hydrogens (tertiary/aromatic N) is 1. The van der Waals surface area contributed by atoms with Gasteiger partial charge in [0.25, 0.3) is 0 Å². The molecule has 0 saturated carbocycles. The summed E-state index contributed by atoms with van der Waals surface area (Å²) in [5.74, 6) is 0.212. The second kappa shape index (κ2) is 8.37. The summed E-state index contributed by atoms with van der Waals surface area (Å²) in [6.45, 7) is 3.01. The standard InChI is InChI=1S/C9H21N3/c1-2-3-4-5-6-7-8-12-9(10)11/h2-8H2,1H3,(H4,10,11,12). The second-order valence-electron chi connectivity index (χ2n) is 3.07. The summed E-state index contributed by atoms with van der Waals surface area (Å²) in [7, 11) is 0. The first-order valence-electron chi connectivity index (χ1n) is 4.82. The lowest BCUT2D eigenvalue weighted by atomic mass is 10.1. The molecule has 0 radical (unpaired) electrons. The van der Waals surface area contributed by atoms with Gasteiger partial charge in [-0.15, -0.1) is 0 Å². The summed E-state index contributed by atoms with van der Waals surface area (Å²) in [4.78, 5) is 3.91. The van der Waals surface area contributed by atoms with Crippen LogP contribution in [0.5, 0.6) is 0 Å². The van der Waals surface area contributed by atoms with E-state index in [4.69, 9.17) is 11.5 Å². The van der Waals surface area contributed by atoms with Gasteiger partial charge in [0.1, 0.15) is 0 Å². The number of hydrogen-bond donors (Lipinski definition) is 2. The minimum absolute atomic E-state index is 0.212. The van der Waals surface area contributed by atoms with Crippen molar-refractivity contribution >= 4 is 5.96 Å². The van der Waals surface area contributed by atoms with Crippen molar-refractivity contribution in [2.24, 2.45) is 16.5 Å². The Labute approximate surface area is 75.2 Å². The molecule has 0 bridgehead atoms. The summed E-state index contributed by atoms with van der Waals surface area (Å²) < 4.78 is 0. The van der Waals surface area contributed by atoms with Crippen molar-refractivity contribution in [1.29, 1.82) is 0 Å². The van der Waals surface area contributed by atoms with E-state index in [0.29, 0.717) is 0 Å². The molecule has 0 unspecified atom stereocenters. The topological polar surface area (TPSA) is 64.4 Å². The molecule has 12 heavy (non-hydrogen) atoms. The van der Waals surface area contributed by atoms with Crippen LogP contribution >= 0.6 is 0 Å². The Hall–Kier alpha value is -0.730. The molecule has 72 valence electrons. The highest BCUT2D eigenvalue weighted by Crippen LogP contribution is 2.04. The van der Waals surface area contributed by atoms with Crippen molar-refractivity contribution in [2.45, 2.75) is 45.4 Å². The van der Waals surface area contributed by atoms with Gasteiger partial charge in [-0.25, -0.2) is 0 Å². The monoisotopic (exact) mass is 171 g/mol. The molecule has 3 nitrogen and oxygen atoms in total. The van der Waals surface area contributed by atoms with Crippen molar-refractivity contribution in [3.63, 3.8) is 0 Å². The summed E-state index contributed by atoms with van der Waals surface area (Å²) >= 11 is 0. The van der Waals surface area contributed by atoms with E-state index in [0.717, 1.165) is 13.0 Å². The third-order valence-corrected chi connectivity index (χ3v) is 1.81. The predicted octanol–water partition coefficient (Wildman–Crippen LogP) is 1.62. The molecule has 0 aliphatic carbocycles. The van der Waals surface area contributed by atoms with Crippen LogP contribution < -0.4 is 11.5 Å². The van der Waals surface area contributed by atoms with E-state index in [1.807, 2.05) is 0 Å². The fraction of sp³-hybridized carbons (Fsp3) is 0.889. The first-order valence-corrected chi connectivity index (χ1v) is 4.82. The predicted molar refractivity (Wildman–Crippen MR) is 54.1 cm³/mol. The lowest BCUT2D eigenvalue weighted by Crippen LogP contribution is -2.22. The Morgan fingerprint density at radius 1 is 1.00 bits per heavy atom. The lowest BCUT2D eigenvalue weighted by Gasteiger charge is -1.97. The number of aliphatic imine (C=N–C) groups is 1. The van der Waals surface area contributed by atoms with Crippen LogP contribution in [0.25, 0.3) is 0 Å². The quantitative estimate of drug-likeness (QED) is 0.347. The molecule has 0 heterocycles. The Kier molecular flexibility index (Phi) is 7.86. The molecule has 4 N–H and O–H groups in total. The summed E-state index contributed by atoms with van der Waals surface area (Å²) in [5, 5.41) is 0. The molecule has 0 aliphatic rings. The van der Waals surface area contributed by atoms with E-state index < -0.39 is 0 Å². The van der Waals surface area contributed by atoms with E-state index in [1.165, 1.54) is 32.1 Å². The average Bonchev–Trinajstić information content (AvgIpc) is 2.02. The van der Waals surface area contributed by atoms with Gasteiger partial charge in [0.05, 0.1) is 0 Å². The maximum absolute atomic E-state index is 5.18. The van der Waals surface area contributed by atoms with E-state index in [2.05, 4.69) is 11.9 Å². The molecule has 0 amide bonds. The molecule has 0 aromatic carbocycles. The zero-order valence-corrected chi connectivity index (χ0v) is 8.05. The fourth-order valence-electron chi connectivity index (χ4n) is 1.10. The first-order chi connectivity index (χ1) is 5.77. The van der Waals surface area contributed by atoms with E-state index >= 15 is 0 Å². The maximum Gasteiger partial charge on any atom is 0.185 e. The number of unbranched alkanes of at least 4 members (excludes halogenated alkanes) is 5. The van der Waals surface area contributed by atoms with Crippen molar-refractivity contribution in [1.82, 2.24) is 0 Å². The van der Waals surface area contributed by atoms with E-state index in [9.17, 15) is 0 Å². The number of nitrogens with two attached hydrogens (primary N) is 2. The lowest BCUT2D eigenvalue weighted by molar-refractivity contribution is 0.612. The van der Waals surface area contributed by atoms with Crippen LogP contribution in [-0.2, 0) is 0 Å². The van der Waals surface area contributed by atoms with Gasteiger partial charge in [0.2, 0.25) is 0 Å². The minimum Gasteiger partial charge on any atom is -0.370 e. The third kappa shape index (κ3) is 9.27. The third-order valence-electron chi connectivity index (χ3n) is 1.81. The van der Waals surface area contributed by atoms with Gasteiger partial charge in [-0.1, -0.05) is 39.0 Å². The van der Waals surface area contributed by atoms with Gasteiger partial charge >= 0.3 is 0 Å². The highest BCUT2D eigenvalue weighted by Gasteiger charge is 1.88. The Bertz CT molecular complexity index is 117. The molecule has 3 heteroatoms. The molecule has 0 fully saturated rings. The SMILES string of the molecule is CCCCCCCCN=C(N)N. The Morgan fingerprint density at radius 3 is 2.17 bits per heavy atom. The fourth-order valence-corrected chi connectivity index (χ4v) is 1.10. The van der Waals surface area contributed by atoms with Crippen molar-refractivity contribution < 1.29 is 0 Å². The van der Waals surface area contributed by atoms with Crippen LogP contribution in [0, 0.1) is 0 Å². The van der Waals surface area contributed by atoms with Crippen LogP contribution in [0.15, 0.2) is 4.99 Å². The molecular formula is C9H21N3. The molecule has 0 aromatic heterocycles. The molecule has 0 aliphatic heterocycles. The van der Waals surface area contributed by atoms with E-state index in [1.54, 1.807) is 0 Å². The first kappa shape index (κ1) is 11.3. The highest BCUT2D eigenvalue weighted by molar-refractivity contribution is 5.75. The van der Waals surface area contributed by atoms with Gasteiger partial charge in [-0.3, -0.25) is 4.99 Å². The molecular weight excluding hydrogens is 150 g/mol. The molecule has 0 rings (SSSR count). The Balaban J connectivity index is 2.96. The van der Waals surface area contributed by atoms with E-state index in [-0.39, 0.29) is 5.96 Å². The average molecular weight is 171 g/mol. The smallest absolute Gasteiger partial charge is 0.185 e. The molecule has 0 saturated heterocycles. The molecule has 0 spiro atoms. The van der Waals surface area contributed by atoms with Crippen LogP contribution in [0.2, 0.25) is 0 Å². The zero-order chi connectivity index (χ0) is 9.23. The van der Waals surface area contributed by atoms with Crippen molar-refractivity contribution in [3.05, 3.63) is 0 Å². The normalized spacial score (nSPS) is 9.75. The summed E-state index contributed by atoms with van der Waals surface area (Å²) in [6.07, 6.45) is 7.67. The minimum atomic E-state index is 0.212. The van der Waals surface area contributed by atoms with Gasteiger partial charge in [0, 0.05) is 6.54 Å². The number of hydrogen-bond acceptors (Lipinski definition) is 1. The van der Waals surface area contributed by atoms with Crippen molar-refractivity contribution in [3.8, 4) is 0 Å². The van der Waals surface area contributed by atoms with Crippen LogP contribution in [0.4, 0.5) is 0 Å². The van der Waals surface area contributed by atoms with Crippen molar-refractivity contribution in [2.75, 3.05) is 6.54 Å². The van der Waals surface area contributed by atoms with Crippen LogP contribution in [0.3, 0.4) is 0 Å². The van der Waals surface area contributed by atoms with Crippen LogP contribution in [-0.4, -0.2) is 12.5 Å². The number of guanidine groups is 1. The Morgan fingerprint density at radius 2 is 1.58 bits per heavy atom. The highest BCUT2D eigenvalue weighted by atomic mass is 15.0. The van der Waals surface area contributed by atoms with Gasteiger partial charge in [-0.05, 0) is 6.42 Å². The summed E-state index contributed by atoms with van der Waals surface area (Å²) in [5.41, 5.74) is 10.4. The zero-order valence-electron chi connectivity index (χ0n) is 8.05. The van der Waals surface area contributed by atoms with Gasteiger partial charge < -0.3 is 11.5 Å². The van der Waals surface area contributed by atoms with Gasteiger partial charge in [0.15, 0.2) is 5.96 Å². The largest absolute Gasteiger partial charge is 0.370 e.